The number of allylic oxidation sites excluding steroid dienone is 4. The summed E-state index contributed by atoms with van der Waals surface area (Å²) < 4.78 is 0. The van der Waals surface area contributed by atoms with E-state index in [-0.39, 0.29) is 0 Å². The van der Waals surface area contributed by atoms with E-state index >= 15 is 0 Å². The highest BCUT2D eigenvalue weighted by molar-refractivity contribution is 5.07. The Morgan fingerprint density at radius 1 is 1.62 bits per heavy atom. The molecule has 0 spiro atoms. The summed E-state index contributed by atoms with van der Waals surface area (Å²) >= 11 is 0. The van der Waals surface area contributed by atoms with Crippen molar-refractivity contribution in [2.75, 3.05) is 0 Å². The smallest absolute Gasteiger partial charge is 0.0592 e. The Balaban J connectivity index is 3.74. The van der Waals surface area contributed by atoms with Crippen molar-refractivity contribution in [2.24, 2.45) is 5.11 Å². The number of rotatable bonds is 2. The molecule has 0 atom stereocenters. The quantitative estimate of drug-likeness (QED) is 0.419. The first kappa shape index (κ1) is 7.08. The van der Waals surface area contributed by atoms with Crippen molar-refractivity contribution in [3.8, 4) is 0 Å². The number of hydrogen-bond acceptors (Lipinski definition) is 2. The van der Waals surface area contributed by atoms with Gasteiger partial charge in [-0.2, -0.15) is 5.11 Å². The Bertz CT molecular complexity index is 122. The molecule has 0 aromatic heterocycles. The first-order chi connectivity index (χ1) is 3.81. The van der Waals surface area contributed by atoms with Crippen molar-refractivity contribution in [1.82, 2.24) is 0 Å². The van der Waals surface area contributed by atoms with Gasteiger partial charge in [-0.3, -0.25) is 0 Å². The molecule has 0 rings (SSSR count). The molecule has 0 aliphatic heterocycles. The molecule has 1 N–H and O–H groups in total. The van der Waals surface area contributed by atoms with Gasteiger partial charge in [0.05, 0.1) is 5.70 Å². The molecular formula is C6H10N2. The van der Waals surface area contributed by atoms with Crippen LogP contribution in [0, 0.1) is 5.53 Å². The Morgan fingerprint density at radius 2 is 2.25 bits per heavy atom. The SMILES string of the molecule is C/C=C/C=C(/C)N=N. The van der Waals surface area contributed by atoms with Crippen LogP contribution in [0.15, 0.2) is 29.0 Å². The molecule has 0 aliphatic carbocycles. The van der Waals surface area contributed by atoms with Gasteiger partial charge >= 0.3 is 0 Å². The third-order valence-corrected chi connectivity index (χ3v) is 0.706. The van der Waals surface area contributed by atoms with E-state index in [0.717, 1.165) is 5.70 Å². The maximum atomic E-state index is 6.51. The second-order valence-electron chi connectivity index (χ2n) is 1.45. The fourth-order valence-corrected chi connectivity index (χ4v) is 0.273. The summed E-state index contributed by atoms with van der Waals surface area (Å²) in [5.41, 5.74) is 7.24. The van der Waals surface area contributed by atoms with Crippen molar-refractivity contribution in [2.45, 2.75) is 13.8 Å². The van der Waals surface area contributed by atoms with Crippen LogP contribution in [0.5, 0.6) is 0 Å². The molecule has 0 fully saturated rings. The zero-order valence-electron chi connectivity index (χ0n) is 5.18. The highest BCUT2D eigenvalue weighted by Crippen LogP contribution is 1.91. The molecule has 0 aromatic rings. The summed E-state index contributed by atoms with van der Waals surface area (Å²) in [6.45, 7) is 3.71. The first-order valence-corrected chi connectivity index (χ1v) is 2.48. The third-order valence-electron chi connectivity index (χ3n) is 0.706. The minimum Gasteiger partial charge on any atom is -0.205 e. The van der Waals surface area contributed by atoms with Crippen LogP contribution in [0.2, 0.25) is 0 Å². The van der Waals surface area contributed by atoms with Crippen LogP contribution in [-0.4, -0.2) is 0 Å². The Kier molecular flexibility index (Phi) is 3.76. The monoisotopic (exact) mass is 110 g/mol. The summed E-state index contributed by atoms with van der Waals surface area (Å²) in [6.07, 6.45) is 5.54. The van der Waals surface area contributed by atoms with Gasteiger partial charge in [0.15, 0.2) is 0 Å². The number of nitrogens with zero attached hydrogens (tertiary/aromatic N) is 1. The highest BCUT2D eigenvalue weighted by Gasteiger charge is 1.73. The molecule has 0 aromatic carbocycles. The average molecular weight is 110 g/mol. The molecular weight excluding hydrogens is 100 g/mol. The molecule has 0 amide bonds. The van der Waals surface area contributed by atoms with Crippen molar-refractivity contribution in [3.63, 3.8) is 0 Å². The summed E-state index contributed by atoms with van der Waals surface area (Å²) in [7, 11) is 0. The van der Waals surface area contributed by atoms with Crippen LogP contribution in [0.3, 0.4) is 0 Å². The van der Waals surface area contributed by atoms with Crippen molar-refractivity contribution < 1.29 is 0 Å². The fraction of sp³-hybridized carbons (Fsp3) is 0.333. The lowest BCUT2D eigenvalue weighted by Crippen LogP contribution is -1.59. The molecule has 8 heavy (non-hydrogen) atoms. The number of nitrogens with one attached hydrogen (secondary N) is 1. The molecule has 0 aliphatic rings. The van der Waals surface area contributed by atoms with E-state index in [2.05, 4.69) is 5.11 Å². The fourth-order valence-electron chi connectivity index (χ4n) is 0.273. The van der Waals surface area contributed by atoms with E-state index in [4.69, 9.17) is 5.53 Å². The van der Waals surface area contributed by atoms with Crippen LogP contribution in [0.25, 0.3) is 0 Å². The molecule has 0 heterocycles. The molecule has 0 saturated heterocycles. The van der Waals surface area contributed by atoms with Gasteiger partial charge in [-0.25, -0.2) is 5.53 Å². The molecule has 0 unspecified atom stereocenters. The summed E-state index contributed by atoms with van der Waals surface area (Å²) in [5.74, 6) is 0. The van der Waals surface area contributed by atoms with Crippen molar-refractivity contribution >= 4 is 0 Å². The van der Waals surface area contributed by atoms with Gasteiger partial charge in [0, 0.05) is 0 Å². The van der Waals surface area contributed by atoms with Gasteiger partial charge in [0.2, 0.25) is 0 Å². The van der Waals surface area contributed by atoms with E-state index < -0.39 is 0 Å². The lowest BCUT2D eigenvalue weighted by atomic mass is 10.4. The van der Waals surface area contributed by atoms with Gasteiger partial charge < -0.3 is 0 Å². The van der Waals surface area contributed by atoms with Crippen molar-refractivity contribution in [1.29, 1.82) is 5.53 Å². The topological polar surface area (TPSA) is 36.2 Å². The van der Waals surface area contributed by atoms with Gasteiger partial charge in [-0.05, 0) is 19.9 Å². The van der Waals surface area contributed by atoms with Crippen LogP contribution in [-0.2, 0) is 0 Å². The molecule has 2 nitrogen and oxygen atoms in total. The minimum atomic E-state index is 0.725. The van der Waals surface area contributed by atoms with Crippen LogP contribution in [0.1, 0.15) is 13.8 Å². The summed E-state index contributed by atoms with van der Waals surface area (Å²) in [6, 6.07) is 0. The van der Waals surface area contributed by atoms with E-state index in [1.807, 2.05) is 19.1 Å². The molecule has 0 radical (unpaired) electrons. The second-order valence-corrected chi connectivity index (χ2v) is 1.45. The van der Waals surface area contributed by atoms with E-state index in [1.54, 1.807) is 13.0 Å². The van der Waals surface area contributed by atoms with Crippen LogP contribution >= 0.6 is 0 Å². The lowest BCUT2D eigenvalue weighted by Gasteiger charge is -1.79. The zero-order valence-corrected chi connectivity index (χ0v) is 5.18. The predicted molar refractivity (Wildman–Crippen MR) is 33.7 cm³/mol. The van der Waals surface area contributed by atoms with Gasteiger partial charge in [0.1, 0.15) is 0 Å². The average Bonchev–Trinajstić information content (AvgIpc) is 1.83. The summed E-state index contributed by atoms with van der Waals surface area (Å²) in [5, 5.41) is 3.19. The standard InChI is InChI=1S/C6H10N2/c1-3-4-5-6(2)8-7/h3-5,7H,1-2H3/b4-3+,6-5-,8-7?. The van der Waals surface area contributed by atoms with Gasteiger partial charge in [0.25, 0.3) is 0 Å². The molecule has 2 heteroatoms. The predicted octanol–water partition coefficient (Wildman–Crippen LogP) is 2.50. The second kappa shape index (κ2) is 4.24. The van der Waals surface area contributed by atoms with E-state index in [1.165, 1.54) is 0 Å². The maximum Gasteiger partial charge on any atom is 0.0592 e. The maximum absolute atomic E-state index is 6.51. The first-order valence-electron chi connectivity index (χ1n) is 2.48. The molecule has 44 valence electrons. The Hall–Kier alpha value is -0.920. The minimum absolute atomic E-state index is 0.725. The normalized spacial score (nSPS) is 12.5. The van der Waals surface area contributed by atoms with Gasteiger partial charge in [-0.15, -0.1) is 0 Å². The number of hydrogen-bond donors (Lipinski definition) is 1. The largest absolute Gasteiger partial charge is 0.205 e. The Labute approximate surface area is 49.4 Å². The van der Waals surface area contributed by atoms with Gasteiger partial charge in [-0.1, -0.05) is 12.2 Å². The third kappa shape index (κ3) is 3.28. The van der Waals surface area contributed by atoms with E-state index in [0.29, 0.717) is 0 Å². The van der Waals surface area contributed by atoms with E-state index in [9.17, 15) is 0 Å². The summed E-state index contributed by atoms with van der Waals surface area (Å²) in [4.78, 5) is 0. The Morgan fingerprint density at radius 3 is 2.62 bits per heavy atom. The van der Waals surface area contributed by atoms with Crippen LogP contribution in [0.4, 0.5) is 0 Å². The van der Waals surface area contributed by atoms with Crippen molar-refractivity contribution in [3.05, 3.63) is 23.9 Å². The lowest BCUT2D eigenvalue weighted by molar-refractivity contribution is 1.06. The van der Waals surface area contributed by atoms with Crippen LogP contribution < -0.4 is 0 Å². The zero-order chi connectivity index (χ0) is 6.41. The molecule has 0 bridgehead atoms. The highest BCUT2D eigenvalue weighted by atomic mass is 15.0. The molecule has 0 saturated carbocycles.